The predicted molar refractivity (Wildman–Crippen MR) is 90.3 cm³/mol. The first kappa shape index (κ1) is 14.3. The Kier molecular flexibility index (Phi) is 4.34. The van der Waals surface area contributed by atoms with E-state index in [0.29, 0.717) is 4.64 Å². The summed E-state index contributed by atoms with van der Waals surface area (Å²) < 4.78 is 0.701. The predicted octanol–water partition coefficient (Wildman–Crippen LogP) is 4.50. The molecule has 1 aromatic heterocycles. The van der Waals surface area contributed by atoms with Gasteiger partial charge in [0.1, 0.15) is 4.64 Å². The van der Waals surface area contributed by atoms with Gasteiger partial charge in [-0.1, -0.05) is 55.4 Å². The molecule has 4 heteroatoms. The Bertz CT molecular complexity index is 655. The molecule has 0 spiro atoms. The molecule has 0 amide bonds. The summed E-state index contributed by atoms with van der Waals surface area (Å²) in [7, 11) is 0. The van der Waals surface area contributed by atoms with E-state index in [0.717, 1.165) is 30.3 Å². The average molecular weight is 299 g/mol. The summed E-state index contributed by atoms with van der Waals surface area (Å²) in [6.07, 6.45) is 5.09. The van der Waals surface area contributed by atoms with Gasteiger partial charge in [-0.25, -0.2) is 4.98 Å². The minimum Gasteiger partial charge on any atom is -0.342 e. The minimum absolute atomic E-state index is 0.701. The largest absolute Gasteiger partial charge is 0.342 e. The number of aromatic nitrogens is 2. The van der Waals surface area contributed by atoms with E-state index in [1.807, 2.05) is 13.0 Å². The Balaban J connectivity index is 2.03. The third-order valence-corrected chi connectivity index (χ3v) is 4.51. The molecule has 2 aromatic rings. The Morgan fingerprint density at radius 1 is 1.05 bits per heavy atom. The Morgan fingerprint density at radius 2 is 1.71 bits per heavy atom. The molecule has 21 heavy (non-hydrogen) atoms. The highest BCUT2D eigenvalue weighted by molar-refractivity contribution is 7.71. The zero-order chi connectivity index (χ0) is 14.7. The van der Waals surface area contributed by atoms with Gasteiger partial charge in [0, 0.05) is 18.7 Å². The zero-order valence-corrected chi connectivity index (χ0v) is 13.2. The van der Waals surface area contributed by atoms with Gasteiger partial charge in [0.05, 0.1) is 5.69 Å². The Hall–Kier alpha value is -1.68. The van der Waals surface area contributed by atoms with Gasteiger partial charge >= 0.3 is 0 Å². The van der Waals surface area contributed by atoms with Crippen molar-refractivity contribution in [2.45, 2.75) is 32.6 Å². The number of benzene rings is 1. The lowest BCUT2D eigenvalue weighted by molar-refractivity contribution is 0.726. The van der Waals surface area contributed by atoms with Crippen LogP contribution in [-0.4, -0.2) is 23.1 Å². The molecule has 1 aliphatic heterocycles. The quantitative estimate of drug-likeness (QED) is 0.829. The van der Waals surface area contributed by atoms with Crippen molar-refractivity contribution >= 4 is 18.2 Å². The summed E-state index contributed by atoms with van der Waals surface area (Å²) >= 11 is 5.47. The fourth-order valence-corrected chi connectivity index (χ4v) is 3.03. The fraction of sp³-hybridized carbons (Fsp3) is 0.412. The van der Waals surface area contributed by atoms with Crippen molar-refractivity contribution in [2.75, 3.05) is 18.0 Å². The molecule has 0 unspecified atom stereocenters. The van der Waals surface area contributed by atoms with Crippen LogP contribution in [0.3, 0.4) is 0 Å². The summed E-state index contributed by atoms with van der Waals surface area (Å²) in [4.78, 5) is 10.5. The number of rotatable bonds is 2. The molecular weight excluding hydrogens is 278 g/mol. The molecule has 3 nitrogen and oxygen atoms in total. The zero-order valence-electron chi connectivity index (χ0n) is 12.4. The molecule has 0 saturated carbocycles. The Labute approximate surface area is 131 Å². The van der Waals surface area contributed by atoms with E-state index in [4.69, 9.17) is 12.2 Å². The van der Waals surface area contributed by atoms with Gasteiger partial charge in [-0.05, 0) is 25.3 Å². The second kappa shape index (κ2) is 6.39. The van der Waals surface area contributed by atoms with E-state index in [-0.39, 0.29) is 0 Å². The van der Waals surface area contributed by atoms with Crippen LogP contribution in [-0.2, 0) is 0 Å². The van der Waals surface area contributed by atoms with Crippen molar-refractivity contribution < 1.29 is 0 Å². The van der Waals surface area contributed by atoms with Crippen molar-refractivity contribution in [3.05, 3.63) is 40.5 Å². The van der Waals surface area contributed by atoms with Gasteiger partial charge in [0.25, 0.3) is 0 Å². The van der Waals surface area contributed by atoms with Crippen LogP contribution in [0.15, 0.2) is 30.3 Å². The third-order valence-electron chi connectivity index (χ3n) is 4.11. The maximum absolute atomic E-state index is 5.47. The second-order valence-electron chi connectivity index (χ2n) is 5.63. The summed E-state index contributed by atoms with van der Waals surface area (Å²) in [6, 6.07) is 10.4. The smallest absolute Gasteiger partial charge is 0.204 e. The number of anilines is 1. The van der Waals surface area contributed by atoms with E-state index < -0.39 is 0 Å². The number of nitrogens with zero attached hydrogens (tertiary/aromatic N) is 2. The highest BCUT2D eigenvalue weighted by Crippen LogP contribution is 2.24. The summed E-state index contributed by atoms with van der Waals surface area (Å²) in [5, 5.41) is 0. The highest BCUT2D eigenvalue weighted by atomic mass is 32.1. The lowest BCUT2D eigenvalue weighted by Gasteiger charge is -2.22. The van der Waals surface area contributed by atoms with Gasteiger partial charge in [-0.3, -0.25) is 0 Å². The van der Waals surface area contributed by atoms with Gasteiger partial charge in [-0.2, -0.15) is 0 Å². The first-order valence-electron chi connectivity index (χ1n) is 7.67. The topological polar surface area (TPSA) is 31.9 Å². The molecule has 0 radical (unpaired) electrons. The van der Waals surface area contributed by atoms with E-state index in [1.165, 1.54) is 31.2 Å². The van der Waals surface area contributed by atoms with Crippen molar-refractivity contribution in [1.29, 1.82) is 0 Å². The number of H-pyrrole nitrogens is 1. The molecule has 1 N–H and O–H groups in total. The van der Waals surface area contributed by atoms with Crippen LogP contribution >= 0.6 is 12.2 Å². The average Bonchev–Trinajstić information content (AvgIpc) is 2.80. The molecular formula is C17H21N3S. The van der Waals surface area contributed by atoms with Crippen LogP contribution in [0.2, 0.25) is 0 Å². The molecule has 0 bridgehead atoms. The van der Waals surface area contributed by atoms with Crippen molar-refractivity contribution in [2.24, 2.45) is 0 Å². The van der Waals surface area contributed by atoms with Gasteiger partial charge in [0.2, 0.25) is 5.95 Å². The fourth-order valence-electron chi connectivity index (χ4n) is 2.85. The van der Waals surface area contributed by atoms with Crippen molar-refractivity contribution in [3.63, 3.8) is 0 Å². The lowest BCUT2D eigenvalue weighted by Crippen LogP contribution is -2.26. The number of hydrogen-bond donors (Lipinski definition) is 1. The first-order chi connectivity index (χ1) is 10.3. The first-order valence-corrected chi connectivity index (χ1v) is 8.08. The monoisotopic (exact) mass is 299 g/mol. The standard InChI is InChI=1S/C17H21N3S/c1-13-15(14-9-5-4-6-10-14)18-17(19-16(13)21)20-11-7-2-3-8-12-20/h4-6,9-10H,2-3,7-8,11-12H2,1H3,(H,18,19,21). The normalized spacial score (nSPS) is 15.8. The molecule has 1 saturated heterocycles. The number of hydrogen-bond acceptors (Lipinski definition) is 3. The van der Waals surface area contributed by atoms with E-state index in [1.54, 1.807) is 0 Å². The molecule has 0 atom stereocenters. The molecule has 3 rings (SSSR count). The SMILES string of the molecule is Cc1c(-c2ccccc2)[nH]c(N2CCCCCC2)nc1=S. The minimum atomic E-state index is 0.701. The maximum atomic E-state index is 5.47. The van der Waals surface area contributed by atoms with Crippen molar-refractivity contribution in [1.82, 2.24) is 9.97 Å². The van der Waals surface area contributed by atoms with Gasteiger partial charge in [0.15, 0.2) is 0 Å². The van der Waals surface area contributed by atoms with Crippen LogP contribution in [0, 0.1) is 11.6 Å². The molecule has 1 aliphatic rings. The molecule has 1 fully saturated rings. The maximum Gasteiger partial charge on any atom is 0.204 e. The molecule has 0 aliphatic carbocycles. The second-order valence-corrected chi connectivity index (χ2v) is 6.02. The Morgan fingerprint density at radius 3 is 2.38 bits per heavy atom. The van der Waals surface area contributed by atoms with Crippen LogP contribution in [0.5, 0.6) is 0 Å². The van der Waals surface area contributed by atoms with Crippen LogP contribution in [0.4, 0.5) is 5.95 Å². The van der Waals surface area contributed by atoms with Crippen molar-refractivity contribution in [3.8, 4) is 11.3 Å². The number of nitrogens with one attached hydrogen (secondary N) is 1. The number of aromatic amines is 1. The van der Waals surface area contributed by atoms with Crippen LogP contribution in [0.1, 0.15) is 31.2 Å². The molecule has 110 valence electrons. The highest BCUT2D eigenvalue weighted by Gasteiger charge is 2.14. The van der Waals surface area contributed by atoms with Crippen LogP contribution < -0.4 is 4.90 Å². The summed E-state index contributed by atoms with van der Waals surface area (Å²) in [5.74, 6) is 0.923. The van der Waals surface area contributed by atoms with Gasteiger partial charge in [-0.15, -0.1) is 0 Å². The van der Waals surface area contributed by atoms with Crippen LogP contribution in [0.25, 0.3) is 11.3 Å². The van der Waals surface area contributed by atoms with E-state index in [2.05, 4.69) is 39.1 Å². The summed E-state index contributed by atoms with van der Waals surface area (Å²) in [5.41, 5.74) is 3.31. The third kappa shape index (κ3) is 3.16. The van der Waals surface area contributed by atoms with E-state index >= 15 is 0 Å². The summed E-state index contributed by atoms with van der Waals surface area (Å²) in [6.45, 7) is 4.17. The lowest BCUT2D eigenvalue weighted by atomic mass is 10.1. The van der Waals surface area contributed by atoms with Gasteiger partial charge < -0.3 is 9.88 Å². The van der Waals surface area contributed by atoms with E-state index in [9.17, 15) is 0 Å². The molecule has 2 heterocycles. The molecule has 1 aromatic carbocycles.